The predicted molar refractivity (Wildman–Crippen MR) is 66.3 cm³/mol. The van der Waals surface area contributed by atoms with E-state index in [1.807, 2.05) is 0 Å². The second kappa shape index (κ2) is 5.13. The first-order valence-corrected chi connectivity index (χ1v) is 7.05. The Hall–Kier alpha value is 1.14. The SMILES string of the molecule is CCCC(Br)c1cc(Br)c(Br)s1. The Morgan fingerprint density at radius 2 is 2.17 bits per heavy atom. The molecule has 0 fully saturated rings. The molecule has 1 rings (SSSR count). The number of alkyl halides is 1. The maximum Gasteiger partial charge on any atom is 0.0843 e. The van der Waals surface area contributed by atoms with Gasteiger partial charge in [0.2, 0.25) is 0 Å². The predicted octanol–water partition coefficient (Wildman–Crippen LogP) is 5.51. The van der Waals surface area contributed by atoms with Crippen LogP contribution in [0.1, 0.15) is 29.5 Å². The maximum atomic E-state index is 3.66. The normalized spacial score (nSPS) is 13.3. The van der Waals surface area contributed by atoms with E-state index in [0.29, 0.717) is 4.83 Å². The molecule has 4 heteroatoms. The zero-order valence-corrected chi connectivity index (χ0v) is 12.2. The fourth-order valence-corrected chi connectivity index (χ4v) is 3.89. The first-order chi connectivity index (χ1) is 5.65. The number of rotatable bonds is 3. The summed E-state index contributed by atoms with van der Waals surface area (Å²) in [5, 5.41) is 0. The first kappa shape index (κ1) is 11.2. The minimum atomic E-state index is 0.509. The van der Waals surface area contributed by atoms with Gasteiger partial charge in [-0.25, -0.2) is 0 Å². The van der Waals surface area contributed by atoms with Crippen LogP contribution in [0.3, 0.4) is 0 Å². The Bertz CT molecular complexity index is 237. The molecule has 0 saturated carbocycles. The Balaban J connectivity index is 2.74. The van der Waals surface area contributed by atoms with Gasteiger partial charge in [0.05, 0.1) is 3.79 Å². The van der Waals surface area contributed by atoms with Crippen molar-refractivity contribution in [2.75, 3.05) is 0 Å². The van der Waals surface area contributed by atoms with Gasteiger partial charge >= 0.3 is 0 Å². The molecule has 1 unspecified atom stereocenters. The van der Waals surface area contributed by atoms with Crippen molar-refractivity contribution in [2.45, 2.75) is 24.6 Å². The monoisotopic (exact) mass is 374 g/mol. The van der Waals surface area contributed by atoms with Crippen LogP contribution < -0.4 is 0 Å². The van der Waals surface area contributed by atoms with Crippen molar-refractivity contribution in [3.63, 3.8) is 0 Å². The number of hydrogen-bond acceptors (Lipinski definition) is 1. The smallest absolute Gasteiger partial charge is 0.0843 e. The molecule has 68 valence electrons. The van der Waals surface area contributed by atoms with E-state index in [-0.39, 0.29) is 0 Å². The topological polar surface area (TPSA) is 0 Å². The zero-order chi connectivity index (χ0) is 9.14. The molecule has 0 saturated heterocycles. The highest BCUT2D eigenvalue weighted by molar-refractivity contribution is 9.13. The second-order valence-electron chi connectivity index (χ2n) is 2.53. The summed E-state index contributed by atoms with van der Waals surface area (Å²) in [6.07, 6.45) is 2.41. The Morgan fingerprint density at radius 3 is 2.58 bits per heavy atom. The van der Waals surface area contributed by atoms with E-state index in [1.54, 1.807) is 11.3 Å². The molecule has 1 atom stereocenters. The van der Waals surface area contributed by atoms with Gasteiger partial charge in [0, 0.05) is 14.2 Å². The lowest BCUT2D eigenvalue weighted by atomic mass is 10.2. The summed E-state index contributed by atoms with van der Waals surface area (Å²) in [7, 11) is 0. The van der Waals surface area contributed by atoms with Crippen LogP contribution in [0.25, 0.3) is 0 Å². The van der Waals surface area contributed by atoms with E-state index in [0.717, 1.165) is 4.47 Å². The summed E-state index contributed by atoms with van der Waals surface area (Å²) in [6, 6.07) is 2.17. The largest absolute Gasteiger partial charge is 0.131 e. The lowest BCUT2D eigenvalue weighted by Crippen LogP contribution is -1.82. The lowest BCUT2D eigenvalue weighted by molar-refractivity contribution is 0.797. The summed E-state index contributed by atoms with van der Waals surface area (Å²) in [5.41, 5.74) is 0. The molecule has 12 heavy (non-hydrogen) atoms. The number of hydrogen-bond donors (Lipinski definition) is 0. The molecule has 0 radical (unpaired) electrons. The maximum absolute atomic E-state index is 3.66. The van der Waals surface area contributed by atoms with E-state index in [4.69, 9.17) is 0 Å². The van der Waals surface area contributed by atoms with Gasteiger partial charge in [0.15, 0.2) is 0 Å². The number of halogens is 3. The molecule has 0 bridgehead atoms. The van der Waals surface area contributed by atoms with E-state index in [9.17, 15) is 0 Å². The summed E-state index contributed by atoms with van der Waals surface area (Å²) in [4.78, 5) is 1.89. The van der Waals surface area contributed by atoms with Gasteiger partial charge < -0.3 is 0 Å². The minimum absolute atomic E-state index is 0.509. The van der Waals surface area contributed by atoms with Gasteiger partial charge in [0.1, 0.15) is 0 Å². The van der Waals surface area contributed by atoms with Crippen molar-refractivity contribution in [1.82, 2.24) is 0 Å². The highest BCUT2D eigenvalue weighted by Crippen LogP contribution is 2.39. The molecule has 1 heterocycles. The van der Waals surface area contributed by atoms with E-state index < -0.39 is 0 Å². The van der Waals surface area contributed by atoms with E-state index in [2.05, 4.69) is 60.8 Å². The lowest BCUT2D eigenvalue weighted by Gasteiger charge is -2.03. The highest BCUT2D eigenvalue weighted by atomic mass is 79.9. The number of thiophene rings is 1. The van der Waals surface area contributed by atoms with Crippen LogP contribution in [-0.4, -0.2) is 0 Å². The van der Waals surface area contributed by atoms with Crippen molar-refractivity contribution in [2.24, 2.45) is 0 Å². The Morgan fingerprint density at radius 1 is 1.50 bits per heavy atom. The third kappa shape index (κ3) is 2.82. The molecule has 1 aromatic heterocycles. The summed E-state index contributed by atoms with van der Waals surface area (Å²) >= 11 is 12.4. The zero-order valence-electron chi connectivity index (χ0n) is 6.61. The molecular weight excluding hydrogens is 368 g/mol. The third-order valence-electron chi connectivity index (χ3n) is 1.52. The molecule has 0 aliphatic heterocycles. The third-order valence-corrected chi connectivity index (χ3v) is 6.14. The average molecular weight is 377 g/mol. The van der Waals surface area contributed by atoms with Crippen molar-refractivity contribution < 1.29 is 0 Å². The molecule has 0 aliphatic rings. The molecule has 0 aromatic carbocycles. The van der Waals surface area contributed by atoms with E-state index in [1.165, 1.54) is 21.5 Å². The van der Waals surface area contributed by atoms with Gasteiger partial charge in [0.25, 0.3) is 0 Å². The van der Waals surface area contributed by atoms with Gasteiger partial charge in [-0.2, -0.15) is 0 Å². The van der Waals surface area contributed by atoms with Crippen molar-refractivity contribution >= 4 is 59.1 Å². The fourth-order valence-electron chi connectivity index (χ4n) is 0.913. The Kier molecular flexibility index (Phi) is 4.79. The Labute approximate surface area is 102 Å². The van der Waals surface area contributed by atoms with Crippen LogP contribution in [-0.2, 0) is 0 Å². The summed E-state index contributed by atoms with van der Waals surface area (Å²) < 4.78 is 2.33. The summed E-state index contributed by atoms with van der Waals surface area (Å²) in [5.74, 6) is 0. The molecule has 0 spiro atoms. The van der Waals surface area contributed by atoms with Gasteiger partial charge in [-0.05, 0) is 44.3 Å². The first-order valence-electron chi connectivity index (χ1n) is 3.74. The van der Waals surface area contributed by atoms with Gasteiger partial charge in [-0.3, -0.25) is 0 Å². The van der Waals surface area contributed by atoms with Crippen LogP contribution in [0.4, 0.5) is 0 Å². The average Bonchev–Trinajstić information content (AvgIpc) is 2.33. The van der Waals surface area contributed by atoms with Crippen molar-refractivity contribution in [1.29, 1.82) is 0 Å². The van der Waals surface area contributed by atoms with Crippen molar-refractivity contribution in [3.05, 3.63) is 19.2 Å². The van der Waals surface area contributed by atoms with Crippen molar-refractivity contribution in [3.8, 4) is 0 Å². The quantitative estimate of drug-likeness (QED) is 0.610. The standard InChI is InChI=1S/C8H9Br3S/c1-2-3-5(9)7-4-6(10)8(11)12-7/h4-5H,2-3H2,1H3. The van der Waals surface area contributed by atoms with Crippen LogP contribution in [0.2, 0.25) is 0 Å². The molecule has 0 amide bonds. The van der Waals surface area contributed by atoms with Crippen LogP contribution >= 0.6 is 59.1 Å². The second-order valence-corrected chi connectivity index (χ2v) is 6.89. The summed E-state index contributed by atoms with van der Waals surface area (Å²) in [6.45, 7) is 2.20. The minimum Gasteiger partial charge on any atom is -0.131 e. The van der Waals surface area contributed by atoms with Crippen LogP contribution in [0.15, 0.2) is 14.3 Å². The van der Waals surface area contributed by atoms with Gasteiger partial charge in [-0.15, -0.1) is 11.3 Å². The van der Waals surface area contributed by atoms with E-state index >= 15 is 0 Å². The highest BCUT2D eigenvalue weighted by Gasteiger charge is 2.11. The van der Waals surface area contributed by atoms with Crippen LogP contribution in [0.5, 0.6) is 0 Å². The molecule has 0 N–H and O–H groups in total. The van der Waals surface area contributed by atoms with Crippen LogP contribution in [0, 0.1) is 0 Å². The fraction of sp³-hybridized carbons (Fsp3) is 0.500. The molecule has 0 nitrogen and oxygen atoms in total. The molecule has 0 aliphatic carbocycles. The van der Waals surface area contributed by atoms with Gasteiger partial charge in [-0.1, -0.05) is 29.3 Å². The molecular formula is C8H9Br3S. The molecule has 1 aromatic rings.